The molecule has 1 N–H and O–H groups in total. The van der Waals surface area contributed by atoms with Gasteiger partial charge < -0.3 is 25.0 Å². The van der Waals surface area contributed by atoms with Crippen molar-refractivity contribution in [3.63, 3.8) is 0 Å². The van der Waals surface area contributed by atoms with Gasteiger partial charge in [0.25, 0.3) is 0 Å². The Labute approximate surface area is 127 Å². The van der Waals surface area contributed by atoms with Gasteiger partial charge in [0.2, 0.25) is 0 Å². The van der Waals surface area contributed by atoms with Crippen LogP contribution in [-0.4, -0.2) is 62.1 Å². The van der Waals surface area contributed by atoms with E-state index >= 15 is 0 Å². The van der Waals surface area contributed by atoms with E-state index in [4.69, 9.17) is 0 Å². The van der Waals surface area contributed by atoms with E-state index in [0.29, 0.717) is 19.5 Å². The number of aliphatic carboxylic acids is 1. The number of nitrogens with one attached hydrogen (secondary N) is 1. The van der Waals surface area contributed by atoms with Gasteiger partial charge >= 0.3 is 24.9 Å². The molecule has 0 aliphatic heterocycles. The third-order valence-corrected chi connectivity index (χ3v) is 2.61. The van der Waals surface area contributed by atoms with Crippen LogP contribution in [0, 0.1) is 5.92 Å². The van der Waals surface area contributed by atoms with E-state index in [1.165, 1.54) is 11.9 Å². The summed E-state index contributed by atoms with van der Waals surface area (Å²) < 4.78 is 0. The summed E-state index contributed by atoms with van der Waals surface area (Å²) in [7, 11) is 5.24. The second-order valence-corrected chi connectivity index (χ2v) is 5.02. The quantitative estimate of drug-likeness (QED) is 0.482. The van der Waals surface area contributed by atoms with Crippen molar-refractivity contribution in [1.82, 2.24) is 15.1 Å². The van der Waals surface area contributed by atoms with Crippen molar-refractivity contribution >= 4 is 12.0 Å². The topological polar surface area (TPSA) is 75.7 Å². The smallest absolute Gasteiger partial charge is 0.548 e. The second kappa shape index (κ2) is 10.1. The van der Waals surface area contributed by atoms with E-state index in [1.54, 1.807) is 0 Å². The molecule has 0 spiro atoms. The number of carbonyl (C=O) groups is 2. The minimum atomic E-state index is -1.20. The fourth-order valence-electron chi connectivity index (χ4n) is 1.65. The number of nitrogens with zero attached hydrogens (tertiary/aromatic N) is 2. The van der Waals surface area contributed by atoms with Crippen molar-refractivity contribution in [3.05, 3.63) is 0 Å². The average Bonchev–Trinajstić information content (AvgIpc) is 2.26. The molecule has 0 aromatic rings. The first kappa shape index (κ1) is 20.6. The van der Waals surface area contributed by atoms with Crippen LogP contribution in [0.2, 0.25) is 0 Å². The molecule has 0 heterocycles. The third kappa shape index (κ3) is 8.14. The minimum absolute atomic E-state index is 0. The first-order chi connectivity index (χ1) is 8.29. The predicted octanol–water partition coefficient (Wildman–Crippen LogP) is -3.64. The number of amides is 2. The molecule has 0 rings (SSSR count). The molecule has 0 aliphatic rings. The molecule has 2 amide bonds. The maximum absolute atomic E-state index is 11.8. The monoisotopic (exact) mass is 265 g/mol. The summed E-state index contributed by atoms with van der Waals surface area (Å²) in [5.41, 5.74) is 0. The summed E-state index contributed by atoms with van der Waals surface area (Å²) in [6, 6.07) is -1.27. The van der Waals surface area contributed by atoms with Crippen molar-refractivity contribution < 1.29 is 33.6 Å². The van der Waals surface area contributed by atoms with Crippen molar-refractivity contribution in [3.8, 4) is 0 Å². The first-order valence-corrected chi connectivity index (χ1v) is 6.13. The number of carboxylic acid groups (broad SMARTS) is 1. The fourth-order valence-corrected chi connectivity index (χ4v) is 1.65. The van der Waals surface area contributed by atoms with Crippen LogP contribution in [0.1, 0.15) is 20.3 Å². The van der Waals surface area contributed by atoms with Crippen molar-refractivity contribution in [2.45, 2.75) is 26.3 Å². The summed E-state index contributed by atoms with van der Waals surface area (Å²) in [4.78, 5) is 26.2. The Hall–Kier alpha value is -0.703. The zero-order valence-electron chi connectivity index (χ0n) is 12.9. The van der Waals surface area contributed by atoms with Crippen LogP contribution in [0.3, 0.4) is 0 Å². The maximum Gasteiger partial charge on any atom is 1.00 e. The molecule has 1 atom stereocenters. The number of hydrogen-bond acceptors (Lipinski definition) is 4. The molecule has 0 fully saturated rings. The van der Waals surface area contributed by atoms with Gasteiger partial charge in [-0.1, -0.05) is 13.8 Å². The van der Waals surface area contributed by atoms with E-state index in [-0.39, 0.29) is 30.8 Å². The Morgan fingerprint density at radius 2 is 1.74 bits per heavy atom. The molecule has 7 heteroatoms. The van der Waals surface area contributed by atoms with Gasteiger partial charge in [-0.2, -0.15) is 0 Å². The van der Waals surface area contributed by atoms with Gasteiger partial charge in [0.15, 0.2) is 0 Å². The molecular weight excluding hydrogens is 241 g/mol. The van der Waals surface area contributed by atoms with Gasteiger partial charge in [0.05, 0.1) is 12.0 Å². The molecule has 0 aliphatic carbocycles. The number of likely N-dealkylation sites (N-methyl/N-ethyl adjacent to an activating group) is 1. The first-order valence-electron chi connectivity index (χ1n) is 6.13. The summed E-state index contributed by atoms with van der Waals surface area (Å²) in [5.74, 6) is -1.02. The van der Waals surface area contributed by atoms with Crippen LogP contribution in [-0.2, 0) is 4.79 Å². The molecule has 0 aromatic carbocycles. The van der Waals surface area contributed by atoms with Crippen molar-refractivity contribution in [1.29, 1.82) is 0 Å². The largest absolute Gasteiger partial charge is 1.00 e. The van der Waals surface area contributed by atoms with E-state index in [9.17, 15) is 14.7 Å². The number of carbonyl (C=O) groups excluding carboxylic acids is 2. The van der Waals surface area contributed by atoms with Crippen molar-refractivity contribution in [2.75, 3.05) is 34.2 Å². The Balaban J connectivity index is 0. The summed E-state index contributed by atoms with van der Waals surface area (Å²) in [5, 5.41) is 13.7. The van der Waals surface area contributed by atoms with E-state index in [0.717, 1.165) is 0 Å². The fraction of sp³-hybridized carbons (Fsp3) is 0.833. The van der Waals surface area contributed by atoms with Crippen LogP contribution in [0.5, 0.6) is 0 Å². The average molecular weight is 265 g/mol. The van der Waals surface area contributed by atoms with E-state index < -0.39 is 12.0 Å². The standard InChI is InChI=1S/C12H25N3O3.Li/c1-9(2)8-10(11(16)17)15(12(18)13-3)7-6-14(4)5;/h9-10H,6-8H2,1-5H3,(H,13,18)(H,16,17);/q;+1/p-1/t10-;/m0./s1. The number of hydrogen-bond donors (Lipinski definition) is 1. The predicted molar refractivity (Wildman–Crippen MR) is 68.0 cm³/mol. The molecule has 0 saturated carbocycles. The zero-order chi connectivity index (χ0) is 14.3. The molecule has 6 nitrogen and oxygen atoms in total. The Morgan fingerprint density at radius 1 is 1.21 bits per heavy atom. The van der Waals surface area contributed by atoms with Gasteiger partial charge in [-0.3, -0.25) is 0 Å². The number of rotatable bonds is 7. The molecule has 0 bridgehead atoms. The minimum Gasteiger partial charge on any atom is -0.548 e. The molecular formula is C12H24LiN3O3. The van der Waals surface area contributed by atoms with E-state index in [2.05, 4.69) is 5.32 Å². The Bertz CT molecular complexity index is 285. The van der Waals surface area contributed by atoms with Crippen LogP contribution < -0.4 is 29.3 Å². The summed E-state index contributed by atoms with van der Waals surface area (Å²) in [6.45, 7) is 4.81. The van der Waals surface area contributed by atoms with Crippen LogP contribution in [0.15, 0.2) is 0 Å². The zero-order valence-corrected chi connectivity index (χ0v) is 12.9. The summed E-state index contributed by atoms with van der Waals surface area (Å²) in [6.07, 6.45) is 0.392. The van der Waals surface area contributed by atoms with Gasteiger partial charge in [-0.15, -0.1) is 0 Å². The van der Waals surface area contributed by atoms with Gasteiger partial charge in [-0.05, 0) is 26.4 Å². The van der Waals surface area contributed by atoms with Crippen LogP contribution >= 0.6 is 0 Å². The van der Waals surface area contributed by atoms with Crippen molar-refractivity contribution in [2.24, 2.45) is 5.92 Å². The Kier molecular flexibility index (Phi) is 11.0. The second-order valence-electron chi connectivity index (χ2n) is 5.02. The van der Waals surface area contributed by atoms with Gasteiger partial charge in [0, 0.05) is 20.1 Å². The van der Waals surface area contributed by atoms with Gasteiger partial charge in [0.1, 0.15) is 0 Å². The SMILES string of the molecule is CNC(=O)N(CCN(C)C)[C@@H](CC(C)C)C(=O)[O-].[Li+]. The number of carboxylic acids is 1. The van der Waals surface area contributed by atoms with Gasteiger partial charge in [-0.25, -0.2) is 4.79 Å². The molecule has 0 radical (unpaired) electrons. The molecule has 19 heavy (non-hydrogen) atoms. The molecule has 0 unspecified atom stereocenters. The normalized spacial score (nSPS) is 11.9. The third-order valence-electron chi connectivity index (χ3n) is 2.61. The molecule has 0 saturated heterocycles. The number of urea groups is 1. The Morgan fingerprint density at radius 3 is 2.05 bits per heavy atom. The van der Waals surface area contributed by atoms with Crippen LogP contribution in [0.4, 0.5) is 4.79 Å². The maximum atomic E-state index is 11.8. The van der Waals surface area contributed by atoms with Crippen LogP contribution in [0.25, 0.3) is 0 Å². The molecule has 0 aromatic heterocycles. The van der Waals surface area contributed by atoms with E-state index in [1.807, 2.05) is 32.8 Å². The summed E-state index contributed by atoms with van der Waals surface area (Å²) >= 11 is 0. The molecule has 106 valence electrons.